The molecular formula is C9H15N3O2. The summed E-state index contributed by atoms with van der Waals surface area (Å²) < 4.78 is 10.1. The summed E-state index contributed by atoms with van der Waals surface area (Å²) >= 11 is 0. The molecule has 0 atom stereocenters. The maximum absolute atomic E-state index is 5.19. The molecular weight excluding hydrogens is 182 g/mol. The molecule has 0 aromatic carbocycles. The van der Waals surface area contributed by atoms with Gasteiger partial charge in [-0.15, -0.1) is 0 Å². The van der Waals surface area contributed by atoms with E-state index in [1.165, 1.54) is 6.33 Å². The standard InChI is InChI=1S/C9H15N3O2/c1-13-8-4-7(5-8)10-3-2-9-11-6-12-14-9/h6-8,10H,2-5H2,1H3. The van der Waals surface area contributed by atoms with Crippen LogP contribution in [0.1, 0.15) is 18.7 Å². The molecule has 1 fully saturated rings. The van der Waals surface area contributed by atoms with Crippen LogP contribution in [0, 0.1) is 0 Å². The molecule has 0 bridgehead atoms. The summed E-state index contributed by atoms with van der Waals surface area (Å²) in [6.45, 7) is 0.892. The normalized spacial score (nSPS) is 26.1. The van der Waals surface area contributed by atoms with Gasteiger partial charge < -0.3 is 14.6 Å². The predicted octanol–water partition coefficient (Wildman–Crippen LogP) is 0.379. The third kappa shape index (κ3) is 2.30. The van der Waals surface area contributed by atoms with Crippen LogP contribution in [0.5, 0.6) is 0 Å². The lowest BCUT2D eigenvalue weighted by atomic mass is 9.89. The molecule has 14 heavy (non-hydrogen) atoms. The maximum Gasteiger partial charge on any atom is 0.227 e. The largest absolute Gasteiger partial charge is 0.381 e. The Labute approximate surface area is 82.8 Å². The number of nitrogens with zero attached hydrogens (tertiary/aromatic N) is 2. The minimum atomic E-state index is 0.455. The van der Waals surface area contributed by atoms with Crippen LogP contribution in [0.2, 0.25) is 0 Å². The summed E-state index contributed by atoms with van der Waals surface area (Å²) in [5.74, 6) is 0.695. The summed E-state index contributed by atoms with van der Waals surface area (Å²) in [6, 6.07) is 0.600. The number of aromatic nitrogens is 2. The molecule has 0 aliphatic heterocycles. The Bertz CT molecular complexity index is 257. The Morgan fingerprint density at radius 1 is 1.64 bits per heavy atom. The number of methoxy groups -OCH3 is 1. The van der Waals surface area contributed by atoms with Gasteiger partial charge in [-0.2, -0.15) is 4.98 Å². The first kappa shape index (κ1) is 9.61. The molecule has 0 radical (unpaired) electrons. The van der Waals surface area contributed by atoms with E-state index < -0.39 is 0 Å². The number of rotatable bonds is 5. The highest BCUT2D eigenvalue weighted by atomic mass is 16.5. The van der Waals surface area contributed by atoms with Crippen LogP contribution in [0.15, 0.2) is 10.9 Å². The van der Waals surface area contributed by atoms with Gasteiger partial charge in [-0.05, 0) is 12.8 Å². The van der Waals surface area contributed by atoms with Crippen molar-refractivity contribution in [2.75, 3.05) is 13.7 Å². The van der Waals surface area contributed by atoms with E-state index in [1.54, 1.807) is 7.11 Å². The van der Waals surface area contributed by atoms with E-state index in [2.05, 4.69) is 15.5 Å². The SMILES string of the molecule is COC1CC(NCCc2ncno2)C1. The molecule has 1 saturated carbocycles. The van der Waals surface area contributed by atoms with Crippen LogP contribution >= 0.6 is 0 Å². The number of nitrogens with one attached hydrogen (secondary N) is 1. The zero-order valence-corrected chi connectivity index (χ0v) is 8.27. The Balaban J connectivity index is 1.56. The van der Waals surface area contributed by atoms with Gasteiger partial charge in [0.05, 0.1) is 6.10 Å². The maximum atomic E-state index is 5.19. The van der Waals surface area contributed by atoms with Crippen molar-refractivity contribution in [1.29, 1.82) is 0 Å². The van der Waals surface area contributed by atoms with Crippen LogP contribution in [0.4, 0.5) is 0 Å². The topological polar surface area (TPSA) is 60.2 Å². The van der Waals surface area contributed by atoms with E-state index in [0.29, 0.717) is 18.0 Å². The average Bonchev–Trinajstić information content (AvgIpc) is 2.61. The van der Waals surface area contributed by atoms with E-state index in [1.807, 2.05) is 0 Å². The van der Waals surface area contributed by atoms with Crippen LogP contribution in [-0.2, 0) is 11.2 Å². The lowest BCUT2D eigenvalue weighted by Crippen LogP contribution is -2.45. The van der Waals surface area contributed by atoms with Crippen molar-refractivity contribution in [3.63, 3.8) is 0 Å². The third-order valence-corrected chi connectivity index (χ3v) is 2.61. The van der Waals surface area contributed by atoms with Crippen molar-refractivity contribution in [3.05, 3.63) is 12.2 Å². The predicted molar refractivity (Wildman–Crippen MR) is 49.8 cm³/mol. The first-order chi connectivity index (χ1) is 6.88. The lowest BCUT2D eigenvalue weighted by Gasteiger charge is -2.34. The molecule has 5 heteroatoms. The van der Waals surface area contributed by atoms with Gasteiger partial charge in [0.25, 0.3) is 0 Å². The first-order valence-electron chi connectivity index (χ1n) is 4.90. The Morgan fingerprint density at radius 2 is 2.50 bits per heavy atom. The van der Waals surface area contributed by atoms with E-state index in [-0.39, 0.29) is 0 Å². The fraction of sp³-hybridized carbons (Fsp3) is 0.778. The minimum absolute atomic E-state index is 0.455. The summed E-state index contributed by atoms with van der Waals surface area (Å²) in [6.07, 6.45) is 4.91. The van der Waals surface area contributed by atoms with E-state index in [9.17, 15) is 0 Å². The van der Waals surface area contributed by atoms with Crippen molar-refractivity contribution in [2.45, 2.75) is 31.4 Å². The number of hydrogen-bond donors (Lipinski definition) is 1. The van der Waals surface area contributed by atoms with Gasteiger partial charge in [-0.3, -0.25) is 0 Å². The van der Waals surface area contributed by atoms with Gasteiger partial charge in [-0.1, -0.05) is 5.16 Å². The second-order valence-electron chi connectivity index (χ2n) is 3.57. The molecule has 1 heterocycles. The van der Waals surface area contributed by atoms with Crippen molar-refractivity contribution in [3.8, 4) is 0 Å². The zero-order valence-electron chi connectivity index (χ0n) is 8.27. The summed E-state index contributed by atoms with van der Waals surface area (Å²) in [7, 11) is 1.76. The number of hydrogen-bond acceptors (Lipinski definition) is 5. The van der Waals surface area contributed by atoms with E-state index in [4.69, 9.17) is 9.26 Å². The molecule has 5 nitrogen and oxygen atoms in total. The van der Waals surface area contributed by atoms with Gasteiger partial charge >= 0.3 is 0 Å². The first-order valence-corrected chi connectivity index (χ1v) is 4.90. The zero-order chi connectivity index (χ0) is 9.80. The van der Waals surface area contributed by atoms with Gasteiger partial charge in [0.15, 0.2) is 6.33 Å². The highest BCUT2D eigenvalue weighted by Crippen LogP contribution is 2.22. The lowest BCUT2D eigenvalue weighted by molar-refractivity contribution is 0.0176. The highest BCUT2D eigenvalue weighted by Gasteiger charge is 2.28. The van der Waals surface area contributed by atoms with Crippen LogP contribution in [0.25, 0.3) is 0 Å². The second-order valence-corrected chi connectivity index (χ2v) is 3.57. The fourth-order valence-corrected chi connectivity index (χ4v) is 1.61. The van der Waals surface area contributed by atoms with Gasteiger partial charge in [0.1, 0.15) is 0 Å². The summed E-state index contributed by atoms with van der Waals surface area (Å²) in [5, 5.41) is 6.96. The minimum Gasteiger partial charge on any atom is -0.381 e. The van der Waals surface area contributed by atoms with Crippen LogP contribution in [0.3, 0.4) is 0 Å². The molecule has 0 unspecified atom stereocenters. The van der Waals surface area contributed by atoms with Crippen molar-refractivity contribution in [1.82, 2.24) is 15.5 Å². The van der Waals surface area contributed by atoms with Crippen molar-refractivity contribution >= 4 is 0 Å². The smallest absolute Gasteiger partial charge is 0.227 e. The summed E-state index contributed by atoms with van der Waals surface area (Å²) in [5.41, 5.74) is 0. The van der Waals surface area contributed by atoms with Crippen molar-refractivity contribution < 1.29 is 9.26 Å². The van der Waals surface area contributed by atoms with E-state index >= 15 is 0 Å². The molecule has 1 aromatic rings. The summed E-state index contributed by atoms with van der Waals surface area (Å²) in [4.78, 5) is 3.95. The van der Waals surface area contributed by atoms with Crippen LogP contribution in [-0.4, -0.2) is 35.9 Å². The molecule has 1 aromatic heterocycles. The average molecular weight is 197 g/mol. The molecule has 1 N–H and O–H groups in total. The van der Waals surface area contributed by atoms with Crippen molar-refractivity contribution in [2.24, 2.45) is 0 Å². The molecule has 2 rings (SSSR count). The number of ether oxygens (including phenoxy) is 1. The molecule has 78 valence electrons. The molecule has 1 aliphatic rings. The Kier molecular flexibility index (Phi) is 3.10. The molecule has 1 aliphatic carbocycles. The second kappa shape index (κ2) is 4.52. The highest BCUT2D eigenvalue weighted by molar-refractivity contribution is 4.86. The Morgan fingerprint density at radius 3 is 3.14 bits per heavy atom. The fourth-order valence-electron chi connectivity index (χ4n) is 1.61. The molecule has 0 spiro atoms. The Hall–Kier alpha value is -0.940. The monoisotopic (exact) mass is 197 g/mol. The molecule has 0 saturated heterocycles. The molecule has 0 amide bonds. The van der Waals surface area contributed by atoms with Gasteiger partial charge in [0, 0.05) is 26.1 Å². The van der Waals surface area contributed by atoms with Gasteiger partial charge in [0.2, 0.25) is 5.89 Å². The van der Waals surface area contributed by atoms with Crippen LogP contribution < -0.4 is 5.32 Å². The van der Waals surface area contributed by atoms with E-state index in [0.717, 1.165) is 25.8 Å². The van der Waals surface area contributed by atoms with Gasteiger partial charge in [-0.25, -0.2) is 0 Å². The third-order valence-electron chi connectivity index (χ3n) is 2.61. The quantitative estimate of drug-likeness (QED) is 0.739.